The van der Waals surface area contributed by atoms with E-state index < -0.39 is 5.97 Å². The molecule has 0 saturated carbocycles. The summed E-state index contributed by atoms with van der Waals surface area (Å²) in [7, 11) is 0. The minimum Gasteiger partial charge on any atom is -0.504 e. The summed E-state index contributed by atoms with van der Waals surface area (Å²) in [6.07, 6.45) is 4.92. The van der Waals surface area contributed by atoms with Crippen LogP contribution in [0.1, 0.15) is 36.0 Å². The molecule has 1 aromatic rings. The molecule has 1 aromatic carbocycles. The van der Waals surface area contributed by atoms with E-state index in [4.69, 9.17) is 9.47 Å². The number of phenols is 1. The van der Waals surface area contributed by atoms with Crippen molar-refractivity contribution >= 4 is 17.8 Å². The molecule has 0 aliphatic heterocycles. The van der Waals surface area contributed by atoms with Gasteiger partial charge in [0.2, 0.25) is 11.8 Å². The van der Waals surface area contributed by atoms with Crippen LogP contribution in [0.5, 0.6) is 11.5 Å². The number of unbranched alkanes of at least 4 members (excludes halogenated alkanes) is 2. The topological polar surface area (TPSA) is 114 Å². The molecule has 0 spiro atoms. The molecule has 3 N–H and O–H groups in total. The molecule has 0 bridgehead atoms. The van der Waals surface area contributed by atoms with Gasteiger partial charge in [-0.25, -0.2) is 4.79 Å². The lowest BCUT2D eigenvalue weighted by Gasteiger charge is -2.13. The third-order valence-corrected chi connectivity index (χ3v) is 3.81. The van der Waals surface area contributed by atoms with Gasteiger partial charge in [0.1, 0.15) is 5.56 Å². The van der Waals surface area contributed by atoms with Crippen molar-refractivity contribution in [2.75, 3.05) is 26.3 Å². The second-order valence-corrected chi connectivity index (χ2v) is 6.04. The number of ether oxygens (including phenoxy) is 2. The Morgan fingerprint density at radius 1 is 0.931 bits per heavy atom. The Kier molecular flexibility index (Phi) is 11.3. The Labute approximate surface area is 170 Å². The molecule has 2 amide bonds. The number of hydrogen-bond donors (Lipinski definition) is 3. The molecule has 0 aliphatic rings. The van der Waals surface area contributed by atoms with Crippen LogP contribution in [0, 0.1) is 0 Å². The van der Waals surface area contributed by atoms with E-state index in [0.717, 1.165) is 0 Å². The number of aromatic hydroxyl groups is 1. The monoisotopic (exact) mass is 404 g/mol. The Morgan fingerprint density at radius 3 is 2.10 bits per heavy atom. The highest BCUT2D eigenvalue weighted by Crippen LogP contribution is 2.30. The maximum Gasteiger partial charge on any atom is 0.342 e. The predicted molar refractivity (Wildman–Crippen MR) is 109 cm³/mol. The van der Waals surface area contributed by atoms with E-state index in [1.54, 1.807) is 0 Å². The molecule has 29 heavy (non-hydrogen) atoms. The summed E-state index contributed by atoms with van der Waals surface area (Å²) in [5.41, 5.74) is 0.143. The fourth-order valence-corrected chi connectivity index (χ4v) is 2.28. The molecule has 8 heteroatoms. The van der Waals surface area contributed by atoms with Crippen molar-refractivity contribution in [3.05, 3.63) is 49.1 Å². The normalized spacial score (nSPS) is 9.93. The van der Waals surface area contributed by atoms with Crippen LogP contribution < -0.4 is 15.4 Å². The van der Waals surface area contributed by atoms with Crippen molar-refractivity contribution < 1.29 is 29.0 Å². The summed E-state index contributed by atoms with van der Waals surface area (Å²) in [6, 6.07) is 4.49. The van der Waals surface area contributed by atoms with Gasteiger partial charge in [0, 0.05) is 13.1 Å². The summed E-state index contributed by atoms with van der Waals surface area (Å²) in [4.78, 5) is 34.4. The average Bonchev–Trinajstić information content (AvgIpc) is 2.73. The molecule has 0 saturated heterocycles. The van der Waals surface area contributed by atoms with Crippen LogP contribution in [0.3, 0.4) is 0 Å². The molecule has 8 nitrogen and oxygen atoms in total. The van der Waals surface area contributed by atoms with Gasteiger partial charge in [0.15, 0.2) is 11.5 Å². The highest BCUT2D eigenvalue weighted by atomic mass is 16.5. The van der Waals surface area contributed by atoms with Crippen LogP contribution in [-0.4, -0.2) is 49.2 Å². The number of esters is 1. The lowest BCUT2D eigenvalue weighted by Crippen LogP contribution is -2.22. The van der Waals surface area contributed by atoms with Gasteiger partial charge in [0.25, 0.3) is 0 Å². The Hall–Kier alpha value is -3.29. The predicted octanol–water partition coefficient (Wildman–Crippen LogP) is 2.09. The quantitative estimate of drug-likeness (QED) is 0.249. The first-order valence-corrected chi connectivity index (χ1v) is 9.42. The number of benzene rings is 1. The second-order valence-electron chi connectivity index (χ2n) is 6.04. The van der Waals surface area contributed by atoms with Crippen LogP contribution >= 0.6 is 0 Å². The van der Waals surface area contributed by atoms with E-state index in [1.807, 2.05) is 0 Å². The van der Waals surface area contributed by atoms with E-state index in [2.05, 4.69) is 23.8 Å². The molecular weight excluding hydrogens is 376 g/mol. The van der Waals surface area contributed by atoms with Gasteiger partial charge in [-0.3, -0.25) is 9.59 Å². The number of phenolic OH excluding ortho intramolecular Hbond substituents is 1. The first-order chi connectivity index (χ1) is 14.0. The highest BCUT2D eigenvalue weighted by molar-refractivity contribution is 5.93. The number of carbonyl (C=O) groups excluding carboxylic acids is 3. The maximum absolute atomic E-state index is 12.3. The van der Waals surface area contributed by atoms with Crippen molar-refractivity contribution in [2.45, 2.75) is 25.7 Å². The van der Waals surface area contributed by atoms with Crippen molar-refractivity contribution in [1.29, 1.82) is 0 Å². The van der Waals surface area contributed by atoms with Gasteiger partial charge in [-0.2, -0.15) is 0 Å². The first kappa shape index (κ1) is 23.7. The summed E-state index contributed by atoms with van der Waals surface area (Å²) in [6.45, 7) is 8.13. The zero-order valence-corrected chi connectivity index (χ0v) is 16.4. The molecule has 0 radical (unpaired) electrons. The standard InChI is InChI=1S/C21H28N2O6/c1-3-18(25)22-12-5-7-14-28-20-16(10-9-11-17(20)24)21(27)29-15-8-6-13-23-19(26)4-2/h3-4,9-11,24H,1-2,5-8,12-15H2,(H,22,25)(H,23,26). The van der Waals surface area contributed by atoms with E-state index >= 15 is 0 Å². The first-order valence-electron chi connectivity index (χ1n) is 9.42. The van der Waals surface area contributed by atoms with Crippen LogP contribution in [0.15, 0.2) is 43.5 Å². The molecule has 1 rings (SSSR count). The number of hydrogen-bond acceptors (Lipinski definition) is 6. The smallest absolute Gasteiger partial charge is 0.342 e. The van der Waals surface area contributed by atoms with Crippen LogP contribution in [-0.2, 0) is 14.3 Å². The lowest BCUT2D eigenvalue weighted by molar-refractivity contribution is -0.117. The number of carbonyl (C=O) groups is 3. The average molecular weight is 404 g/mol. The molecular formula is C21H28N2O6. The fourth-order valence-electron chi connectivity index (χ4n) is 2.28. The van der Waals surface area contributed by atoms with Gasteiger partial charge in [-0.15, -0.1) is 0 Å². The van der Waals surface area contributed by atoms with E-state index in [-0.39, 0.29) is 42.1 Å². The van der Waals surface area contributed by atoms with Crippen LogP contribution in [0.2, 0.25) is 0 Å². The maximum atomic E-state index is 12.3. The Bertz CT molecular complexity index is 717. The van der Waals surface area contributed by atoms with Gasteiger partial charge in [0.05, 0.1) is 13.2 Å². The zero-order chi connectivity index (χ0) is 21.5. The van der Waals surface area contributed by atoms with Crippen molar-refractivity contribution in [1.82, 2.24) is 10.6 Å². The summed E-state index contributed by atoms with van der Waals surface area (Å²) < 4.78 is 10.8. The number of para-hydroxylation sites is 1. The number of amides is 2. The summed E-state index contributed by atoms with van der Waals surface area (Å²) in [5, 5.41) is 15.3. The molecule has 0 aliphatic carbocycles. The van der Waals surface area contributed by atoms with Crippen molar-refractivity contribution in [3.8, 4) is 11.5 Å². The number of nitrogens with one attached hydrogen (secondary N) is 2. The van der Waals surface area contributed by atoms with Crippen LogP contribution in [0.25, 0.3) is 0 Å². The molecule has 0 aromatic heterocycles. The lowest BCUT2D eigenvalue weighted by atomic mass is 10.2. The van der Waals surface area contributed by atoms with E-state index in [0.29, 0.717) is 38.8 Å². The fraction of sp³-hybridized carbons (Fsp3) is 0.381. The summed E-state index contributed by atoms with van der Waals surface area (Å²) in [5.74, 6) is -1.15. The van der Waals surface area contributed by atoms with Gasteiger partial charge in [-0.05, 0) is 50.0 Å². The van der Waals surface area contributed by atoms with Gasteiger partial charge >= 0.3 is 5.97 Å². The SMILES string of the molecule is C=CC(=O)NCCCCOC(=O)c1cccc(O)c1OCCCCNC(=O)C=C. The third kappa shape index (κ3) is 9.46. The minimum atomic E-state index is -0.593. The molecule has 0 unspecified atom stereocenters. The van der Waals surface area contributed by atoms with Crippen LogP contribution in [0.4, 0.5) is 0 Å². The molecule has 0 heterocycles. The summed E-state index contributed by atoms with van der Waals surface area (Å²) >= 11 is 0. The highest BCUT2D eigenvalue weighted by Gasteiger charge is 2.17. The Morgan fingerprint density at radius 2 is 1.52 bits per heavy atom. The molecule has 0 atom stereocenters. The van der Waals surface area contributed by atoms with Gasteiger partial charge < -0.3 is 25.2 Å². The van der Waals surface area contributed by atoms with E-state index in [1.165, 1.54) is 30.4 Å². The van der Waals surface area contributed by atoms with Crippen molar-refractivity contribution in [2.24, 2.45) is 0 Å². The largest absolute Gasteiger partial charge is 0.504 e. The molecule has 158 valence electrons. The Balaban J connectivity index is 2.41. The number of rotatable bonds is 14. The van der Waals surface area contributed by atoms with E-state index in [9.17, 15) is 19.5 Å². The minimum absolute atomic E-state index is 0.0749. The third-order valence-electron chi connectivity index (χ3n) is 3.81. The zero-order valence-electron chi connectivity index (χ0n) is 16.4. The van der Waals surface area contributed by atoms with Crippen molar-refractivity contribution in [3.63, 3.8) is 0 Å². The van der Waals surface area contributed by atoms with Gasteiger partial charge in [-0.1, -0.05) is 19.2 Å². The second kappa shape index (κ2) is 13.8. The molecule has 0 fully saturated rings.